The first-order chi connectivity index (χ1) is 7.07. The largest absolute Gasteiger partial charge is 0.297 e. The molecule has 1 unspecified atom stereocenters. The lowest BCUT2D eigenvalue weighted by Gasteiger charge is -2.34. The van der Waals surface area contributed by atoms with Gasteiger partial charge in [-0.15, -0.1) is 0 Å². The van der Waals surface area contributed by atoms with Crippen LogP contribution >= 0.6 is 0 Å². The monoisotopic (exact) mass is 246 g/mol. The van der Waals surface area contributed by atoms with Crippen LogP contribution in [0.4, 0.5) is 0 Å². The van der Waals surface area contributed by atoms with E-state index in [0.29, 0.717) is 16.4 Å². The van der Waals surface area contributed by atoms with Crippen molar-refractivity contribution in [2.24, 2.45) is 0 Å². The van der Waals surface area contributed by atoms with E-state index in [-0.39, 0.29) is 0 Å². The molecule has 0 radical (unpaired) electrons. The molecular weight excluding hydrogens is 232 g/mol. The summed E-state index contributed by atoms with van der Waals surface area (Å²) in [5.74, 6) is 0.703. The molecule has 2 rings (SSSR count). The van der Waals surface area contributed by atoms with E-state index < -0.39 is 18.2 Å². The first-order valence-corrected chi connectivity index (χ1v) is 8.80. The van der Waals surface area contributed by atoms with Crippen molar-refractivity contribution in [2.45, 2.75) is 17.7 Å². The predicted octanol–water partition coefficient (Wildman–Crippen LogP) is 1.80. The van der Waals surface area contributed by atoms with E-state index in [9.17, 15) is 13.0 Å². The molecule has 3 nitrogen and oxygen atoms in total. The van der Waals surface area contributed by atoms with Crippen LogP contribution < -0.4 is 0 Å². The molecule has 1 atom stereocenters. The summed E-state index contributed by atoms with van der Waals surface area (Å²) in [6.45, 7) is 0. The second-order valence-corrected chi connectivity index (χ2v) is 11.1. The van der Waals surface area contributed by atoms with Crippen molar-refractivity contribution in [1.29, 1.82) is 0 Å². The zero-order chi connectivity index (χ0) is 11.0. The highest BCUT2D eigenvalue weighted by atomic mass is 33.2. The Bertz CT molecular complexity index is 443. The minimum absolute atomic E-state index is 0.352. The molecule has 0 aliphatic carbocycles. The predicted molar refractivity (Wildman–Crippen MR) is 62.6 cm³/mol. The van der Waals surface area contributed by atoms with Crippen LogP contribution in [0, 0.1) is 0 Å². The van der Waals surface area contributed by atoms with Gasteiger partial charge in [-0.1, -0.05) is 18.2 Å². The van der Waals surface area contributed by atoms with E-state index in [0.717, 1.165) is 12.8 Å². The molecule has 1 heterocycles. The molecule has 1 aromatic carbocycles. The smallest absolute Gasteiger partial charge is 0.228 e. The topological polar surface area (TPSA) is 54.4 Å². The molecule has 1 aliphatic heterocycles. The number of benzene rings is 1. The molecule has 5 heteroatoms. The third kappa shape index (κ3) is 1.49. The van der Waals surface area contributed by atoms with Crippen LogP contribution in [0.2, 0.25) is 0 Å². The van der Waals surface area contributed by atoms with Crippen molar-refractivity contribution in [1.82, 2.24) is 0 Å². The molecule has 0 bridgehead atoms. The summed E-state index contributed by atoms with van der Waals surface area (Å²) in [7, 11) is -5.78. The van der Waals surface area contributed by atoms with E-state index in [1.54, 1.807) is 24.3 Å². The fraction of sp³-hybridized carbons (Fsp3) is 0.400. The molecule has 1 N–H and O–H groups in total. The molecule has 0 aromatic heterocycles. The maximum Gasteiger partial charge on any atom is 0.228 e. The van der Waals surface area contributed by atoms with Crippen LogP contribution in [0.1, 0.15) is 12.8 Å². The molecule has 1 fully saturated rings. The lowest BCUT2D eigenvalue weighted by molar-refractivity contribution is 0.573. The van der Waals surface area contributed by atoms with Crippen LogP contribution in [0.5, 0.6) is 0 Å². The van der Waals surface area contributed by atoms with Gasteiger partial charge in [0, 0.05) is 24.5 Å². The van der Waals surface area contributed by atoms with Gasteiger partial charge in [-0.3, -0.25) is 8.76 Å². The van der Waals surface area contributed by atoms with Crippen molar-refractivity contribution in [3.8, 4) is 0 Å². The lowest BCUT2D eigenvalue weighted by atomic mass is 10.4. The van der Waals surface area contributed by atoms with E-state index >= 15 is 0 Å². The Morgan fingerprint density at radius 2 is 1.67 bits per heavy atom. The van der Waals surface area contributed by atoms with Crippen molar-refractivity contribution < 1.29 is 13.0 Å². The van der Waals surface area contributed by atoms with E-state index in [1.165, 1.54) is 0 Å². The minimum atomic E-state index is -3.51. The highest BCUT2D eigenvalue weighted by molar-refractivity contribution is 8.77. The summed E-state index contributed by atoms with van der Waals surface area (Å²) >= 11 is 0. The lowest BCUT2D eigenvalue weighted by Crippen LogP contribution is -2.39. The quantitative estimate of drug-likeness (QED) is 0.639. The molecule has 1 aromatic rings. The first kappa shape index (κ1) is 11.0. The van der Waals surface area contributed by atoms with Crippen molar-refractivity contribution >= 4 is 18.2 Å². The Kier molecular flexibility index (Phi) is 2.56. The van der Waals surface area contributed by atoms with Crippen LogP contribution in [0.15, 0.2) is 35.2 Å². The summed E-state index contributed by atoms with van der Waals surface area (Å²) < 4.78 is 33.9. The van der Waals surface area contributed by atoms with Gasteiger partial charge in [0.15, 0.2) is 0 Å². The van der Waals surface area contributed by atoms with Crippen LogP contribution in [0.3, 0.4) is 0 Å². The maximum atomic E-state index is 12.9. The van der Waals surface area contributed by atoms with Crippen molar-refractivity contribution in [3.05, 3.63) is 30.3 Å². The van der Waals surface area contributed by atoms with Crippen LogP contribution in [0.25, 0.3) is 0 Å². The highest BCUT2D eigenvalue weighted by Gasteiger charge is 2.47. The van der Waals surface area contributed by atoms with Gasteiger partial charge in [0.25, 0.3) is 0 Å². The maximum absolute atomic E-state index is 12.9. The molecule has 15 heavy (non-hydrogen) atoms. The van der Waals surface area contributed by atoms with Gasteiger partial charge in [0.1, 0.15) is 0 Å². The molecule has 0 amide bonds. The van der Waals surface area contributed by atoms with E-state index in [2.05, 4.69) is 0 Å². The molecule has 84 valence electrons. The van der Waals surface area contributed by atoms with Gasteiger partial charge in [0.05, 0.1) is 0 Å². The summed E-state index contributed by atoms with van der Waals surface area (Å²) in [5, 5.41) is 0. The Labute approximate surface area is 91.0 Å². The second kappa shape index (κ2) is 3.50. The van der Waals surface area contributed by atoms with Gasteiger partial charge >= 0.3 is 0 Å². The van der Waals surface area contributed by atoms with E-state index in [1.807, 2.05) is 6.07 Å². The summed E-state index contributed by atoms with van der Waals surface area (Å²) in [6.07, 6.45) is 1.54. The van der Waals surface area contributed by atoms with Gasteiger partial charge in [-0.25, -0.2) is 4.21 Å². The zero-order valence-electron chi connectivity index (χ0n) is 8.30. The van der Waals surface area contributed by atoms with Gasteiger partial charge < -0.3 is 0 Å². The van der Waals surface area contributed by atoms with Crippen molar-refractivity contribution in [3.63, 3.8) is 0 Å². The summed E-state index contributed by atoms with van der Waals surface area (Å²) in [5.41, 5.74) is 0. The standard InChI is InChI=1S/C10H14O3S2/c11-14(12)15(13,8-4-5-9-15)10-6-2-1-3-7-10/h1-3,6-7H,4-5,8-9H2,(H,11,12). The highest BCUT2D eigenvalue weighted by Crippen LogP contribution is 2.44. The Hall–Kier alpha value is -0.520. The number of hydrogen-bond acceptors (Lipinski definition) is 2. The molecule has 0 saturated carbocycles. The average Bonchev–Trinajstić information content (AvgIpc) is 2.66. The zero-order valence-corrected chi connectivity index (χ0v) is 9.93. The fourth-order valence-electron chi connectivity index (χ4n) is 2.08. The molecule has 0 spiro atoms. The number of hydrogen-bond donors (Lipinski definition) is 1. The van der Waals surface area contributed by atoms with E-state index in [4.69, 9.17) is 0 Å². The summed E-state index contributed by atoms with van der Waals surface area (Å²) in [4.78, 5) is 0.549. The van der Waals surface area contributed by atoms with Crippen molar-refractivity contribution in [2.75, 3.05) is 11.5 Å². The molecule has 1 saturated heterocycles. The molecular formula is C10H14O3S2. The Morgan fingerprint density at radius 1 is 1.13 bits per heavy atom. The second-order valence-electron chi connectivity index (χ2n) is 3.84. The Morgan fingerprint density at radius 3 is 2.13 bits per heavy atom. The fourth-order valence-corrected chi connectivity index (χ4v) is 7.93. The van der Waals surface area contributed by atoms with Crippen LogP contribution in [-0.4, -0.2) is 24.5 Å². The Balaban J connectivity index is 2.64. The minimum Gasteiger partial charge on any atom is -0.297 e. The van der Waals surface area contributed by atoms with Gasteiger partial charge in [0.2, 0.25) is 10.1 Å². The van der Waals surface area contributed by atoms with Gasteiger partial charge in [-0.05, 0) is 25.0 Å². The normalized spacial score (nSPS) is 27.7. The average molecular weight is 246 g/mol. The van der Waals surface area contributed by atoms with Crippen LogP contribution in [-0.2, 0) is 18.2 Å². The summed E-state index contributed by atoms with van der Waals surface area (Å²) in [6, 6.07) is 8.75. The SMILES string of the molecule is O=S(O)S1(=O)(c2ccccc2)CCCC1. The molecule has 1 aliphatic rings. The van der Waals surface area contributed by atoms with Gasteiger partial charge in [-0.2, -0.15) is 0 Å². The number of rotatable bonds is 2. The third-order valence-electron chi connectivity index (χ3n) is 2.96. The third-order valence-corrected chi connectivity index (χ3v) is 10.7. The first-order valence-electron chi connectivity index (χ1n) is 4.87.